The van der Waals surface area contributed by atoms with Crippen molar-refractivity contribution in [2.45, 2.75) is 32.6 Å². The minimum absolute atomic E-state index is 0.204. The maximum atomic E-state index is 12.0. The third kappa shape index (κ3) is 4.45. The summed E-state index contributed by atoms with van der Waals surface area (Å²) in [6, 6.07) is 8.11. The van der Waals surface area contributed by atoms with E-state index in [9.17, 15) is 8.42 Å². The molecule has 2 rings (SSSR count). The molecular formula is C16H25NO3S. The molecule has 1 heterocycles. The molecule has 1 atom stereocenters. The van der Waals surface area contributed by atoms with Crippen molar-refractivity contribution in [3.05, 3.63) is 29.8 Å². The zero-order valence-corrected chi connectivity index (χ0v) is 13.7. The van der Waals surface area contributed by atoms with E-state index in [1.807, 2.05) is 12.1 Å². The van der Waals surface area contributed by atoms with E-state index in [0.29, 0.717) is 19.0 Å². The van der Waals surface area contributed by atoms with Crippen LogP contribution in [0.1, 0.15) is 31.7 Å². The lowest BCUT2D eigenvalue weighted by molar-refractivity contribution is 0.256. The molecule has 4 nitrogen and oxygen atoms in total. The fourth-order valence-electron chi connectivity index (χ4n) is 2.90. The lowest BCUT2D eigenvalue weighted by atomic mass is 9.93. The van der Waals surface area contributed by atoms with Gasteiger partial charge < -0.3 is 4.74 Å². The van der Waals surface area contributed by atoms with Gasteiger partial charge in [-0.3, -0.25) is 0 Å². The fourth-order valence-corrected chi connectivity index (χ4v) is 4.11. The summed E-state index contributed by atoms with van der Waals surface area (Å²) < 4.78 is 30.8. The Morgan fingerprint density at radius 3 is 2.90 bits per heavy atom. The van der Waals surface area contributed by atoms with Gasteiger partial charge in [0.1, 0.15) is 5.75 Å². The first-order chi connectivity index (χ1) is 10.0. The number of ether oxygens (including phenoxy) is 1. The van der Waals surface area contributed by atoms with E-state index in [0.717, 1.165) is 31.4 Å². The standard InChI is InChI=1S/C16H25NO3S/c1-3-21(18,19)17-11-5-7-15(13-17)10-9-14-6-4-8-16(12-14)20-2/h4,6,8,12,15H,3,5,7,9-11,13H2,1-2H3/t15-/m1/s1. The second-order valence-electron chi connectivity index (χ2n) is 5.66. The minimum atomic E-state index is -3.03. The smallest absolute Gasteiger partial charge is 0.213 e. The SMILES string of the molecule is CCS(=O)(=O)N1CCC[C@H](CCc2cccc(OC)c2)C1. The van der Waals surface area contributed by atoms with Gasteiger partial charge in [-0.1, -0.05) is 12.1 Å². The van der Waals surface area contributed by atoms with Crippen LogP contribution in [0.2, 0.25) is 0 Å². The van der Waals surface area contributed by atoms with Crippen LogP contribution in [0.5, 0.6) is 5.75 Å². The monoisotopic (exact) mass is 311 g/mol. The zero-order valence-electron chi connectivity index (χ0n) is 12.9. The Morgan fingerprint density at radius 1 is 1.38 bits per heavy atom. The van der Waals surface area contributed by atoms with Crippen molar-refractivity contribution in [2.75, 3.05) is 26.0 Å². The average molecular weight is 311 g/mol. The summed E-state index contributed by atoms with van der Waals surface area (Å²) in [4.78, 5) is 0. The summed E-state index contributed by atoms with van der Waals surface area (Å²) in [5.41, 5.74) is 1.25. The number of hydrogen-bond acceptors (Lipinski definition) is 3. The van der Waals surface area contributed by atoms with E-state index >= 15 is 0 Å². The van der Waals surface area contributed by atoms with Crippen LogP contribution >= 0.6 is 0 Å². The zero-order chi connectivity index (χ0) is 15.3. The molecule has 21 heavy (non-hydrogen) atoms. The van der Waals surface area contributed by atoms with Gasteiger partial charge in [0.15, 0.2) is 0 Å². The van der Waals surface area contributed by atoms with Crippen LogP contribution in [0.15, 0.2) is 24.3 Å². The molecule has 0 aromatic heterocycles. The highest BCUT2D eigenvalue weighted by Crippen LogP contribution is 2.24. The van der Waals surface area contributed by atoms with Gasteiger partial charge in [-0.25, -0.2) is 12.7 Å². The molecule has 1 aromatic carbocycles. The van der Waals surface area contributed by atoms with E-state index in [4.69, 9.17) is 4.74 Å². The highest BCUT2D eigenvalue weighted by atomic mass is 32.2. The van der Waals surface area contributed by atoms with Gasteiger partial charge in [-0.05, 0) is 56.2 Å². The van der Waals surface area contributed by atoms with Gasteiger partial charge in [-0.2, -0.15) is 0 Å². The predicted octanol–water partition coefficient (Wildman–Crippen LogP) is 2.69. The Balaban J connectivity index is 1.91. The molecule has 1 saturated heterocycles. The van der Waals surface area contributed by atoms with E-state index < -0.39 is 10.0 Å². The summed E-state index contributed by atoms with van der Waals surface area (Å²) >= 11 is 0. The number of benzene rings is 1. The van der Waals surface area contributed by atoms with Crippen LogP contribution in [0.25, 0.3) is 0 Å². The third-order valence-corrected chi connectivity index (χ3v) is 6.06. The minimum Gasteiger partial charge on any atom is -0.497 e. The van der Waals surface area contributed by atoms with Gasteiger partial charge >= 0.3 is 0 Å². The van der Waals surface area contributed by atoms with Crippen molar-refractivity contribution in [2.24, 2.45) is 5.92 Å². The molecule has 0 radical (unpaired) electrons. The topological polar surface area (TPSA) is 46.6 Å². The second kappa shape index (κ2) is 7.27. The fraction of sp³-hybridized carbons (Fsp3) is 0.625. The van der Waals surface area contributed by atoms with E-state index in [-0.39, 0.29) is 5.75 Å². The summed E-state index contributed by atoms with van der Waals surface area (Å²) in [5.74, 6) is 1.55. The van der Waals surface area contributed by atoms with Crippen molar-refractivity contribution in [3.8, 4) is 5.75 Å². The van der Waals surface area contributed by atoms with Crippen LogP contribution in [0.4, 0.5) is 0 Å². The highest BCUT2D eigenvalue weighted by molar-refractivity contribution is 7.89. The molecule has 0 amide bonds. The molecule has 5 heteroatoms. The Labute approximate surface area is 128 Å². The Hall–Kier alpha value is -1.07. The molecule has 0 aliphatic carbocycles. The number of aryl methyl sites for hydroxylation is 1. The lowest BCUT2D eigenvalue weighted by Gasteiger charge is -2.31. The first kappa shape index (κ1) is 16.3. The Morgan fingerprint density at radius 2 is 2.19 bits per heavy atom. The van der Waals surface area contributed by atoms with Crippen molar-refractivity contribution in [1.82, 2.24) is 4.31 Å². The molecule has 0 bridgehead atoms. The van der Waals surface area contributed by atoms with Crippen LogP contribution in [-0.4, -0.2) is 38.7 Å². The van der Waals surface area contributed by atoms with E-state index in [2.05, 4.69) is 12.1 Å². The molecule has 0 N–H and O–H groups in total. The molecule has 0 unspecified atom stereocenters. The maximum Gasteiger partial charge on any atom is 0.213 e. The molecular weight excluding hydrogens is 286 g/mol. The molecule has 0 spiro atoms. The Kier molecular flexibility index (Phi) is 5.65. The normalized spacial score (nSPS) is 20.4. The Bertz CT molecular complexity index is 556. The quantitative estimate of drug-likeness (QED) is 0.811. The number of methoxy groups -OCH3 is 1. The second-order valence-corrected chi connectivity index (χ2v) is 7.91. The summed E-state index contributed by atoms with van der Waals surface area (Å²) in [6.07, 6.45) is 4.10. The first-order valence-electron chi connectivity index (χ1n) is 7.66. The van der Waals surface area contributed by atoms with Gasteiger partial charge in [-0.15, -0.1) is 0 Å². The van der Waals surface area contributed by atoms with Gasteiger partial charge in [0.25, 0.3) is 0 Å². The lowest BCUT2D eigenvalue weighted by Crippen LogP contribution is -2.40. The number of nitrogens with zero attached hydrogens (tertiary/aromatic N) is 1. The van der Waals surface area contributed by atoms with Gasteiger partial charge in [0.05, 0.1) is 12.9 Å². The average Bonchev–Trinajstić information content (AvgIpc) is 2.53. The van der Waals surface area contributed by atoms with Crippen molar-refractivity contribution < 1.29 is 13.2 Å². The van der Waals surface area contributed by atoms with Gasteiger partial charge in [0, 0.05) is 13.1 Å². The largest absolute Gasteiger partial charge is 0.497 e. The van der Waals surface area contributed by atoms with Crippen molar-refractivity contribution in [1.29, 1.82) is 0 Å². The molecule has 1 aliphatic rings. The number of rotatable bonds is 6. The first-order valence-corrected chi connectivity index (χ1v) is 9.27. The summed E-state index contributed by atoms with van der Waals surface area (Å²) in [6.45, 7) is 3.08. The highest BCUT2D eigenvalue weighted by Gasteiger charge is 2.27. The predicted molar refractivity (Wildman–Crippen MR) is 85.1 cm³/mol. The summed E-state index contributed by atoms with van der Waals surface area (Å²) in [5, 5.41) is 0. The van der Waals surface area contributed by atoms with E-state index in [1.54, 1.807) is 18.3 Å². The van der Waals surface area contributed by atoms with Crippen LogP contribution in [-0.2, 0) is 16.4 Å². The molecule has 1 fully saturated rings. The number of hydrogen-bond donors (Lipinski definition) is 0. The molecule has 118 valence electrons. The van der Waals surface area contributed by atoms with Crippen LogP contribution < -0.4 is 4.74 Å². The van der Waals surface area contributed by atoms with E-state index in [1.165, 1.54) is 5.56 Å². The maximum absolute atomic E-state index is 12.0. The van der Waals surface area contributed by atoms with Gasteiger partial charge in [0.2, 0.25) is 10.0 Å². The van der Waals surface area contributed by atoms with Crippen molar-refractivity contribution >= 4 is 10.0 Å². The molecule has 1 aliphatic heterocycles. The molecule has 1 aromatic rings. The summed E-state index contributed by atoms with van der Waals surface area (Å²) in [7, 11) is -1.36. The number of sulfonamides is 1. The van der Waals surface area contributed by atoms with Crippen molar-refractivity contribution in [3.63, 3.8) is 0 Å². The van der Waals surface area contributed by atoms with Crippen LogP contribution in [0, 0.1) is 5.92 Å². The molecule has 0 saturated carbocycles. The third-order valence-electron chi connectivity index (χ3n) is 4.22. The number of piperidine rings is 1. The van der Waals surface area contributed by atoms with Crippen LogP contribution in [0.3, 0.4) is 0 Å².